The Kier molecular flexibility index (Phi) is 5.02. The average molecular weight is 359 g/mol. The maximum atomic E-state index is 12.8. The lowest BCUT2D eigenvalue weighted by atomic mass is 10.2. The highest BCUT2D eigenvalue weighted by Crippen LogP contribution is 2.27. The van der Waals surface area contributed by atoms with Crippen LogP contribution in [0.4, 0.5) is 0 Å². The Morgan fingerprint density at radius 3 is 2.83 bits per heavy atom. The van der Waals surface area contributed by atoms with Crippen LogP contribution in [-0.4, -0.2) is 76.0 Å². The second kappa shape index (κ2) is 6.86. The third-order valence-corrected chi connectivity index (χ3v) is 7.29. The fourth-order valence-electron chi connectivity index (χ4n) is 2.88. The van der Waals surface area contributed by atoms with Gasteiger partial charge in [0.05, 0.1) is 13.2 Å². The molecular weight excluding hydrogens is 338 g/mol. The van der Waals surface area contributed by atoms with E-state index in [0.29, 0.717) is 31.2 Å². The van der Waals surface area contributed by atoms with E-state index in [1.165, 1.54) is 21.7 Å². The molecule has 0 aromatic carbocycles. The molecule has 1 N–H and O–H groups in total. The number of nitrogens with zero attached hydrogens (tertiary/aromatic N) is 2. The maximum Gasteiger partial charge on any atom is 0.265 e. The largest absolute Gasteiger partial charge is 0.379 e. The van der Waals surface area contributed by atoms with Crippen LogP contribution in [0.5, 0.6) is 0 Å². The number of nitrogens with one attached hydrogen (secondary N) is 1. The molecule has 0 aliphatic carbocycles. The molecule has 0 bridgehead atoms. The van der Waals surface area contributed by atoms with Crippen molar-refractivity contribution in [3.63, 3.8) is 0 Å². The molecule has 1 aromatic rings. The highest BCUT2D eigenvalue weighted by molar-refractivity contribution is 7.89. The minimum Gasteiger partial charge on any atom is -0.379 e. The van der Waals surface area contributed by atoms with Crippen molar-refractivity contribution >= 4 is 27.3 Å². The molecule has 0 saturated carbocycles. The van der Waals surface area contributed by atoms with Crippen molar-refractivity contribution in [2.45, 2.75) is 17.4 Å². The van der Waals surface area contributed by atoms with Gasteiger partial charge in [-0.3, -0.25) is 4.79 Å². The SMILES string of the molecule is CN(C(=O)c1sccc1S(=O)(=O)N1CCOCC1)C1CCNC1. The van der Waals surface area contributed by atoms with E-state index in [1.54, 1.807) is 17.3 Å². The number of rotatable bonds is 4. The predicted molar refractivity (Wildman–Crippen MR) is 87.3 cm³/mol. The van der Waals surface area contributed by atoms with E-state index in [4.69, 9.17) is 4.74 Å². The fourth-order valence-corrected chi connectivity index (χ4v) is 5.66. The van der Waals surface area contributed by atoms with Crippen LogP contribution in [0.25, 0.3) is 0 Å². The molecule has 2 saturated heterocycles. The highest BCUT2D eigenvalue weighted by Gasteiger charge is 2.33. The van der Waals surface area contributed by atoms with Gasteiger partial charge >= 0.3 is 0 Å². The molecule has 3 rings (SSSR count). The first-order valence-corrected chi connectivity index (χ1v) is 9.97. The quantitative estimate of drug-likeness (QED) is 0.831. The molecule has 128 valence electrons. The second-order valence-electron chi connectivity index (χ2n) is 5.69. The number of hydrogen-bond donors (Lipinski definition) is 1. The number of likely N-dealkylation sites (N-methyl/N-ethyl adjacent to an activating group) is 1. The number of carbonyl (C=O) groups excluding carboxylic acids is 1. The van der Waals surface area contributed by atoms with Gasteiger partial charge in [-0.15, -0.1) is 11.3 Å². The van der Waals surface area contributed by atoms with E-state index in [-0.39, 0.29) is 16.8 Å². The molecule has 1 amide bonds. The summed E-state index contributed by atoms with van der Waals surface area (Å²) in [6.45, 7) is 3.06. The summed E-state index contributed by atoms with van der Waals surface area (Å²) in [5.41, 5.74) is 0. The van der Waals surface area contributed by atoms with Gasteiger partial charge in [0.25, 0.3) is 5.91 Å². The van der Waals surface area contributed by atoms with Gasteiger partial charge in [0.15, 0.2) is 0 Å². The lowest BCUT2D eigenvalue weighted by Gasteiger charge is -2.27. The smallest absolute Gasteiger partial charge is 0.265 e. The Morgan fingerprint density at radius 2 is 2.17 bits per heavy atom. The first kappa shape index (κ1) is 16.8. The topological polar surface area (TPSA) is 79.0 Å². The van der Waals surface area contributed by atoms with Crippen molar-refractivity contribution in [3.05, 3.63) is 16.3 Å². The van der Waals surface area contributed by atoms with Crippen molar-refractivity contribution in [1.29, 1.82) is 0 Å². The van der Waals surface area contributed by atoms with Crippen molar-refractivity contribution < 1.29 is 17.9 Å². The Hall–Kier alpha value is -1.00. The van der Waals surface area contributed by atoms with Gasteiger partial charge in [-0.05, 0) is 24.4 Å². The summed E-state index contributed by atoms with van der Waals surface area (Å²) in [6.07, 6.45) is 0.888. The van der Waals surface area contributed by atoms with Gasteiger partial charge in [0, 0.05) is 32.7 Å². The Morgan fingerprint density at radius 1 is 1.43 bits per heavy atom. The number of thiophene rings is 1. The van der Waals surface area contributed by atoms with E-state index in [0.717, 1.165) is 19.5 Å². The molecule has 23 heavy (non-hydrogen) atoms. The summed E-state index contributed by atoms with van der Waals surface area (Å²) in [5, 5.41) is 4.89. The van der Waals surface area contributed by atoms with Crippen molar-refractivity contribution in [3.8, 4) is 0 Å². The molecule has 0 radical (unpaired) electrons. The van der Waals surface area contributed by atoms with Gasteiger partial charge < -0.3 is 15.0 Å². The van der Waals surface area contributed by atoms with Crippen LogP contribution in [0.1, 0.15) is 16.1 Å². The molecular formula is C14H21N3O4S2. The number of sulfonamides is 1. The second-order valence-corrected chi connectivity index (χ2v) is 8.52. The van der Waals surface area contributed by atoms with Crippen LogP contribution >= 0.6 is 11.3 Å². The molecule has 2 aliphatic rings. The average Bonchev–Trinajstić information content (AvgIpc) is 3.25. The molecule has 1 atom stereocenters. The molecule has 9 heteroatoms. The van der Waals surface area contributed by atoms with Crippen LogP contribution in [-0.2, 0) is 14.8 Å². The summed E-state index contributed by atoms with van der Waals surface area (Å²) >= 11 is 1.19. The molecule has 1 aromatic heterocycles. The number of hydrogen-bond acceptors (Lipinski definition) is 6. The lowest BCUT2D eigenvalue weighted by Crippen LogP contribution is -2.42. The van der Waals surface area contributed by atoms with Crippen LogP contribution in [0.15, 0.2) is 16.3 Å². The standard InChI is InChI=1S/C14H21N3O4S2/c1-16(11-2-4-15-10-11)14(18)13-12(3-9-22-13)23(19,20)17-5-7-21-8-6-17/h3,9,11,15H,2,4-8,10H2,1H3. The van der Waals surface area contributed by atoms with E-state index >= 15 is 0 Å². The monoisotopic (exact) mass is 359 g/mol. The van der Waals surface area contributed by atoms with Crippen molar-refractivity contribution in [2.75, 3.05) is 46.4 Å². The Labute approximate surface area is 140 Å². The summed E-state index contributed by atoms with van der Waals surface area (Å²) < 4.78 is 32.2. The van der Waals surface area contributed by atoms with Gasteiger partial charge in [0.2, 0.25) is 10.0 Å². The first-order valence-electron chi connectivity index (χ1n) is 7.65. The van der Waals surface area contributed by atoms with Gasteiger partial charge in [-0.1, -0.05) is 0 Å². The van der Waals surface area contributed by atoms with E-state index in [1.807, 2.05) is 0 Å². The number of ether oxygens (including phenoxy) is 1. The van der Waals surface area contributed by atoms with Crippen LogP contribution in [0, 0.1) is 0 Å². The zero-order chi connectivity index (χ0) is 16.4. The first-order chi connectivity index (χ1) is 11.0. The van der Waals surface area contributed by atoms with E-state index in [9.17, 15) is 13.2 Å². The Balaban J connectivity index is 1.85. The predicted octanol–water partition coefficient (Wildman–Crippen LogP) is 0.203. The van der Waals surface area contributed by atoms with Crippen LogP contribution in [0.2, 0.25) is 0 Å². The summed E-state index contributed by atoms with van der Waals surface area (Å²) in [5.74, 6) is -0.222. The zero-order valence-electron chi connectivity index (χ0n) is 13.0. The Bertz CT molecular complexity index is 661. The van der Waals surface area contributed by atoms with Gasteiger partial charge in [0.1, 0.15) is 9.77 Å². The third kappa shape index (κ3) is 3.29. The molecule has 2 aliphatic heterocycles. The molecule has 1 unspecified atom stereocenters. The summed E-state index contributed by atoms with van der Waals surface area (Å²) in [4.78, 5) is 14.8. The zero-order valence-corrected chi connectivity index (χ0v) is 14.7. The third-order valence-electron chi connectivity index (χ3n) is 4.31. The molecule has 2 fully saturated rings. The van der Waals surface area contributed by atoms with Gasteiger partial charge in [-0.25, -0.2) is 8.42 Å². The van der Waals surface area contributed by atoms with Gasteiger partial charge in [-0.2, -0.15) is 4.31 Å². The molecule has 7 nitrogen and oxygen atoms in total. The fraction of sp³-hybridized carbons (Fsp3) is 0.643. The minimum absolute atomic E-state index is 0.114. The number of amides is 1. The van der Waals surface area contributed by atoms with Crippen LogP contribution in [0.3, 0.4) is 0 Å². The van der Waals surface area contributed by atoms with Crippen molar-refractivity contribution in [1.82, 2.24) is 14.5 Å². The normalized spacial score (nSPS) is 23.1. The van der Waals surface area contributed by atoms with E-state index in [2.05, 4.69) is 5.32 Å². The number of morpholine rings is 1. The summed E-state index contributed by atoms with van der Waals surface area (Å²) in [7, 11) is -1.91. The molecule has 0 spiro atoms. The maximum absolute atomic E-state index is 12.8. The minimum atomic E-state index is -3.65. The molecule has 3 heterocycles. The van der Waals surface area contributed by atoms with E-state index < -0.39 is 10.0 Å². The lowest BCUT2D eigenvalue weighted by molar-refractivity contribution is 0.0724. The van der Waals surface area contributed by atoms with Crippen molar-refractivity contribution in [2.24, 2.45) is 0 Å². The highest BCUT2D eigenvalue weighted by atomic mass is 32.2. The summed E-state index contributed by atoms with van der Waals surface area (Å²) in [6, 6.07) is 1.65. The van der Waals surface area contributed by atoms with Crippen LogP contribution < -0.4 is 5.32 Å². The number of carbonyl (C=O) groups is 1.